The largest absolute Gasteiger partial charge is 0.476 e. The summed E-state index contributed by atoms with van der Waals surface area (Å²) in [6.07, 6.45) is 3.55. The number of primary amides is 1. The first-order valence-corrected chi connectivity index (χ1v) is 10.3. The van der Waals surface area contributed by atoms with Crippen LogP contribution >= 0.6 is 0 Å². The SMILES string of the molecule is NC(=O)[C@H](CC1CC1)NC(=O)Oc1ccc(N2CCC(F)(F)C2)c(OCC2CC2)n1. The lowest BCUT2D eigenvalue weighted by atomic mass is 10.1. The van der Waals surface area contributed by atoms with Crippen LogP contribution in [-0.2, 0) is 4.79 Å². The van der Waals surface area contributed by atoms with Crippen molar-refractivity contribution in [1.82, 2.24) is 10.3 Å². The number of anilines is 1. The maximum atomic E-state index is 13.7. The number of aromatic nitrogens is 1. The van der Waals surface area contributed by atoms with Gasteiger partial charge in [0.05, 0.1) is 13.2 Å². The summed E-state index contributed by atoms with van der Waals surface area (Å²) in [7, 11) is 0. The highest BCUT2D eigenvalue weighted by atomic mass is 19.3. The van der Waals surface area contributed by atoms with Crippen LogP contribution < -0.4 is 25.4 Å². The van der Waals surface area contributed by atoms with Crippen LogP contribution in [0.25, 0.3) is 0 Å². The number of nitrogens with zero attached hydrogens (tertiary/aromatic N) is 2. The van der Waals surface area contributed by atoms with E-state index < -0.39 is 30.5 Å². The van der Waals surface area contributed by atoms with Crippen LogP contribution in [0.2, 0.25) is 0 Å². The molecular weight excluding hydrogens is 398 g/mol. The molecule has 3 fully saturated rings. The Labute approximate surface area is 173 Å². The molecule has 164 valence electrons. The Kier molecular flexibility index (Phi) is 5.66. The van der Waals surface area contributed by atoms with E-state index in [1.807, 2.05) is 0 Å². The molecule has 3 aliphatic rings. The molecule has 2 amide bonds. The molecule has 1 saturated heterocycles. The monoisotopic (exact) mass is 424 g/mol. The van der Waals surface area contributed by atoms with Gasteiger partial charge in [0.2, 0.25) is 17.7 Å². The zero-order chi connectivity index (χ0) is 21.3. The number of carbonyl (C=O) groups is 2. The van der Waals surface area contributed by atoms with Gasteiger partial charge in [-0.2, -0.15) is 4.98 Å². The highest BCUT2D eigenvalue weighted by Crippen LogP contribution is 2.38. The number of rotatable bonds is 9. The van der Waals surface area contributed by atoms with E-state index in [1.165, 1.54) is 11.0 Å². The molecule has 30 heavy (non-hydrogen) atoms. The number of carbonyl (C=O) groups excluding carboxylic acids is 2. The molecule has 4 rings (SSSR count). The predicted molar refractivity (Wildman–Crippen MR) is 104 cm³/mol. The van der Waals surface area contributed by atoms with Gasteiger partial charge in [-0.3, -0.25) is 4.79 Å². The molecule has 2 aliphatic carbocycles. The number of ether oxygens (including phenoxy) is 2. The molecule has 1 aromatic rings. The zero-order valence-electron chi connectivity index (χ0n) is 16.6. The molecule has 0 bridgehead atoms. The lowest BCUT2D eigenvalue weighted by molar-refractivity contribution is -0.120. The summed E-state index contributed by atoms with van der Waals surface area (Å²) in [6, 6.07) is 2.19. The third kappa shape index (κ3) is 5.48. The van der Waals surface area contributed by atoms with E-state index in [0.717, 1.165) is 25.7 Å². The van der Waals surface area contributed by atoms with Crippen molar-refractivity contribution in [2.45, 2.75) is 50.5 Å². The van der Waals surface area contributed by atoms with E-state index in [1.54, 1.807) is 6.07 Å². The van der Waals surface area contributed by atoms with E-state index in [0.29, 0.717) is 30.6 Å². The minimum atomic E-state index is -2.76. The van der Waals surface area contributed by atoms with E-state index in [2.05, 4.69) is 10.3 Å². The van der Waals surface area contributed by atoms with Crippen molar-refractivity contribution in [3.63, 3.8) is 0 Å². The molecule has 8 nitrogen and oxygen atoms in total. The van der Waals surface area contributed by atoms with Crippen LogP contribution in [-0.4, -0.2) is 48.6 Å². The zero-order valence-corrected chi connectivity index (χ0v) is 16.6. The van der Waals surface area contributed by atoms with Gasteiger partial charge in [-0.05, 0) is 37.2 Å². The van der Waals surface area contributed by atoms with Gasteiger partial charge in [0.1, 0.15) is 11.7 Å². The normalized spacial score (nSPS) is 21.2. The summed E-state index contributed by atoms with van der Waals surface area (Å²) < 4.78 is 38.3. The van der Waals surface area contributed by atoms with E-state index in [9.17, 15) is 18.4 Å². The van der Waals surface area contributed by atoms with E-state index in [-0.39, 0.29) is 24.7 Å². The summed E-state index contributed by atoms with van der Waals surface area (Å²) in [5.41, 5.74) is 5.80. The number of nitrogens with one attached hydrogen (secondary N) is 1. The minimum Gasteiger partial charge on any atom is -0.476 e. The topological polar surface area (TPSA) is 107 Å². The van der Waals surface area contributed by atoms with Crippen molar-refractivity contribution in [1.29, 1.82) is 0 Å². The molecule has 2 saturated carbocycles. The van der Waals surface area contributed by atoms with E-state index in [4.69, 9.17) is 15.2 Å². The van der Waals surface area contributed by atoms with Crippen molar-refractivity contribution in [3.05, 3.63) is 12.1 Å². The van der Waals surface area contributed by atoms with Crippen LogP contribution in [0.4, 0.5) is 19.3 Å². The Bertz CT molecular complexity index is 814. The third-order valence-corrected chi connectivity index (χ3v) is 5.58. The molecular formula is C20H26F2N4O4. The number of pyridine rings is 1. The van der Waals surface area contributed by atoms with Gasteiger partial charge in [0, 0.05) is 19.0 Å². The van der Waals surface area contributed by atoms with E-state index >= 15 is 0 Å². The van der Waals surface area contributed by atoms with Gasteiger partial charge < -0.3 is 25.4 Å². The number of amides is 2. The fourth-order valence-corrected chi connectivity index (χ4v) is 3.44. The van der Waals surface area contributed by atoms with Crippen molar-refractivity contribution < 1.29 is 27.8 Å². The third-order valence-electron chi connectivity index (χ3n) is 5.58. The lowest BCUT2D eigenvalue weighted by Gasteiger charge is -2.21. The number of halogens is 2. The van der Waals surface area contributed by atoms with Crippen molar-refractivity contribution >= 4 is 17.7 Å². The molecule has 1 aromatic heterocycles. The molecule has 2 heterocycles. The number of hydrogen-bond donors (Lipinski definition) is 2. The van der Waals surface area contributed by atoms with Gasteiger partial charge in [-0.1, -0.05) is 12.8 Å². The van der Waals surface area contributed by atoms with Gasteiger partial charge in [0.25, 0.3) is 5.92 Å². The number of nitrogens with two attached hydrogens (primary N) is 1. The average Bonchev–Trinajstić information content (AvgIpc) is 3.59. The van der Waals surface area contributed by atoms with Crippen LogP contribution in [0.5, 0.6) is 11.8 Å². The molecule has 3 N–H and O–H groups in total. The smallest absolute Gasteiger partial charge is 0.414 e. The Morgan fingerprint density at radius 1 is 1.27 bits per heavy atom. The summed E-state index contributed by atoms with van der Waals surface area (Å²) in [4.78, 5) is 29.5. The number of hydrogen-bond acceptors (Lipinski definition) is 6. The van der Waals surface area contributed by atoms with Crippen LogP contribution in [0.3, 0.4) is 0 Å². The standard InChI is InChI=1S/C20H26F2N4O4/c21-20(22)7-8-26(11-20)15-5-6-16(25-18(15)29-10-13-3-4-13)30-19(28)24-14(17(23)27)9-12-1-2-12/h5-6,12-14H,1-4,7-11H2,(H2,23,27)(H,24,28)/t14-/m0/s1. The van der Waals surface area contributed by atoms with Crippen molar-refractivity contribution in [2.24, 2.45) is 17.6 Å². The highest BCUT2D eigenvalue weighted by molar-refractivity contribution is 5.84. The first-order chi connectivity index (χ1) is 14.3. The van der Waals surface area contributed by atoms with Gasteiger partial charge in [-0.15, -0.1) is 0 Å². The molecule has 1 atom stereocenters. The fraction of sp³-hybridized carbons (Fsp3) is 0.650. The highest BCUT2D eigenvalue weighted by Gasteiger charge is 2.39. The molecule has 0 radical (unpaired) electrons. The van der Waals surface area contributed by atoms with Gasteiger partial charge in [-0.25, -0.2) is 13.6 Å². The van der Waals surface area contributed by atoms with Crippen molar-refractivity contribution in [3.8, 4) is 11.8 Å². The first kappa shape index (κ1) is 20.6. The van der Waals surface area contributed by atoms with Crippen LogP contribution in [0.1, 0.15) is 38.5 Å². The minimum absolute atomic E-state index is 0.0392. The molecule has 0 aromatic carbocycles. The summed E-state index contributed by atoms with van der Waals surface area (Å²) >= 11 is 0. The van der Waals surface area contributed by atoms with Crippen molar-refractivity contribution in [2.75, 3.05) is 24.6 Å². The Morgan fingerprint density at radius 2 is 2.00 bits per heavy atom. The maximum Gasteiger partial charge on any atom is 0.414 e. The molecule has 10 heteroatoms. The van der Waals surface area contributed by atoms with Crippen LogP contribution in [0, 0.1) is 11.8 Å². The average molecular weight is 424 g/mol. The Morgan fingerprint density at radius 3 is 2.60 bits per heavy atom. The maximum absolute atomic E-state index is 13.7. The first-order valence-electron chi connectivity index (χ1n) is 10.3. The molecule has 0 unspecified atom stereocenters. The fourth-order valence-electron chi connectivity index (χ4n) is 3.44. The lowest BCUT2D eigenvalue weighted by Crippen LogP contribution is -2.45. The molecule has 1 aliphatic heterocycles. The second kappa shape index (κ2) is 8.23. The second-order valence-electron chi connectivity index (χ2n) is 8.42. The van der Waals surface area contributed by atoms with Gasteiger partial charge in [0.15, 0.2) is 0 Å². The summed E-state index contributed by atoms with van der Waals surface area (Å²) in [5, 5.41) is 2.47. The number of alkyl halides is 2. The predicted octanol–water partition coefficient (Wildman–Crippen LogP) is 2.46. The van der Waals surface area contributed by atoms with Crippen LogP contribution in [0.15, 0.2) is 12.1 Å². The van der Waals surface area contributed by atoms with Gasteiger partial charge >= 0.3 is 6.09 Å². The summed E-state index contributed by atoms with van der Waals surface area (Å²) in [5.74, 6) is -2.43. The second-order valence-corrected chi connectivity index (χ2v) is 8.42. The quantitative estimate of drug-likeness (QED) is 0.631. The molecule has 0 spiro atoms. The Hall–Kier alpha value is -2.65. The summed E-state index contributed by atoms with van der Waals surface area (Å²) in [6.45, 7) is 0.220. The Balaban J connectivity index is 1.43.